The summed E-state index contributed by atoms with van der Waals surface area (Å²) >= 11 is 4.89. The molecule has 0 saturated heterocycles. The molecule has 1 fully saturated rings. The topological polar surface area (TPSA) is 0 Å². The molecule has 62 valence electrons. The summed E-state index contributed by atoms with van der Waals surface area (Å²) in [6.07, 6.45) is 7.70. The van der Waals surface area contributed by atoms with Gasteiger partial charge in [-0.05, 0) is 0 Å². The Morgan fingerprint density at radius 2 is 1.80 bits per heavy atom. The average Bonchev–Trinajstić information content (AvgIpc) is 2.05. The van der Waals surface area contributed by atoms with Crippen LogP contribution in [0.15, 0.2) is 0 Å². The van der Waals surface area contributed by atoms with E-state index in [0.717, 1.165) is 0 Å². The monoisotopic (exact) mass is 478 g/mol. The molecular weight excluding hydrogens is 465 g/mol. The normalized spacial score (nSPS) is 22.8. The fourth-order valence-electron chi connectivity index (χ4n) is 1.37. The van der Waals surface area contributed by atoms with Crippen LogP contribution in [0.4, 0.5) is 0 Å². The SMILES string of the molecule is ICI(I)C1CCCCC1. The Morgan fingerprint density at radius 1 is 1.20 bits per heavy atom. The first-order valence-corrected chi connectivity index (χ1v) is 14.3. The van der Waals surface area contributed by atoms with Crippen LogP contribution in [0.3, 0.4) is 0 Å². The van der Waals surface area contributed by atoms with Crippen LogP contribution in [-0.2, 0) is 0 Å². The molecule has 0 aromatic carbocycles. The van der Waals surface area contributed by atoms with Gasteiger partial charge in [0.2, 0.25) is 0 Å². The van der Waals surface area contributed by atoms with Crippen molar-refractivity contribution in [3.8, 4) is 0 Å². The van der Waals surface area contributed by atoms with Crippen molar-refractivity contribution in [2.24, 2.45) is 0 Å². The van der Waals surface area contributed by atoms with Crippen molar-refractivity contribution < 1.29 is 0 Å². The first-order valence-electron chi connectivity index (χ1n) is 3.71. The first-order chi connectivity index (χ1) is 4.84. The van der Waals surface area contributed by atoms with Crippen LogP contribution < -0.4 is 0 Å². The Bertz CT molecular complexity index is 88.9. The van der Waals surface area contributed by atoms with Crippen molar-refractivity contribution in [1.82, 2.24) is 0 Å². The van der Waals surface area contributed by atoms with E-state index in [-0.39, 0.29) is 0 Å². The van der Waals surface area contributed by atoms with E-state index < -0.39 is 15.8 Å². The van der Waals surface area contributed by atoms with Gasteiger partial charge in [-0.1, -0.05) is 0 Å². The van der Waals surface area contributed by atoms with Crippen molar-refractivity contribution in [2.75, 3.05) is 2.43 Å². The standard InChI is InChI=1S/C7H13I3/c8-6-10(9)7-4-2-1-3-5-7/h7H,1-6H2. The van der Waals surface area contributed by atoms with Gasteiger partial charge in [0, 0.05) is 0 Å². The van der Waals surface area contributed by atoms with E-state index in [1.54, 1.807) is 12.8 Å². The van der Waals surface area contributed by atoms with Crippen molar-refractivity contribution in [1.29, 1.82) is 0 Å². The third-order valence-electron chi connectivity index (χ3n) is 1.97. The van der Waals surface area contributed by atoms with Crippen molar-refractivity contribution >= 4 is 57.1 Å². The van der Waals surface area contributed by atoms with Gasteiger partial charge in [0.15, 0.2) is 0 Å². The van der Waals surface area contributed by atoms with Crippen molar-refractivity contribution in [2.45, 2.75) is 36.0 Å². The molecule has 0 radical (unpaired) electrons. The molecule has 0 atom stereocenters. The molecule has 1 rings (SSSR count). The molecule has 1 aliphatic carbocycles. The van der Waals surface area contributed by atoms with Gasteiger partial charge < -0.3 is 0 Å². The summed E-state index contributed by atoms with van der Waals surface area (Å²) in [6.45, 7) is 0. The maximum absolute atomic E-state index is 2.77. The Hall–Kier alpha value is 2.19. The molecule has 0 heterocycles. The summed E-state index contributed by atoms with van der Waals surface area (Å²) in [4.78, 5) is 0. The van der Waals surface area contributed by atoms with Gasteiger partial charge in [-0.3, -0.25) is 0 Å². The average molecular weight is 478 g/mol. The van der Waals surface area contributed by atoms with Gasteiger partial charge in [0.05, 0.1) is 0 Å². The third kappa shape index (κ3) is 3.28. The molecule has 0 aromatic heterocycles. The second-order valence-corrected chi connectivity index (χ2v) is 17.8. The third-order valence-corrected chi connectivity index (χ3v) is 23.6. The fraction of sp³-hybridized carbons (Fsp3) is 1.00. The summed E-state index contributed by atoms with van der Waals surface area (Å²) in [5.74, 6) is 0. The van der Waals surface area contributed by atoms with Crippen LogP contribution in [0.5, 0.6) is 0 Å². The molecule has 0 nitrogen and oxygen atoms in total. The van der Waals surface area contributed by atoms with Crippen molar-refractivity contribution in [3.63, 3.8) is 0 Å². The zero-order chi connectivity index (χ0) is 7.40. The van der Waals surface area contributed by atoms with Crippen LogP contribution in [0.2, 0.25) is 0 Å². The number of halogens is 3. The summed E-state index contributed by atoms with van der Waals surface area (Å²) in [7, 11) is 0. The first kappa shape index (κ1) is 10.3. The fourth-order valence-corrected chi connectivity index (χ4v) is 10.4. The minimum atomic E-state index is -0.466. The summed E-state index contributed by atoms with van der Waals surface area (Å²) in [6, 6.07) is 0. The summed E-state index contributed by atoms with van der Waals surface area (Å²) < 4.78 is 2.70. The minimum absolute atomic E-state index is 0.466. The number of rotatable bonds is 2. The number of hydrogen-bond acceptors (Lipinski definition) is 0. The molecule has 0 aromatic rings. The van der Waals surface area contributed by atoms with Gasteiger partial charge in [0.1, 0.15) is 0 Å². The van der Waals surface area contributed by atoms with Gasteiger partial charge in [-0.15, -0.1) is 0 Å². The number of alkyl halides is 3. The van der Waals surface area contributed by atoms with E-state index in [4.69, 9.17) is 0 Å². The van der Waals surface area contributed by atoms with E-state index in [9.17, 15) is 0 Å². The molecular formula is C7H13I3. The molecule has 0 N–H and O–H groups in total. The molecule has 0 aliphatic heterocycles. The van der Waals surface area contributed by atoms with Crippen LogP contribution in [0.25, 0.3) is 0 Å². The van der Waals surface area contributed by atoms with Crippen LogP contribution in [-0.4, -0.2) is 6.36 Å². The van der Waals surface area contributed by atoms with Gasteiger partial charge in [-0.25, -0.2) is 0 Å². The Labute approximate surface area is 94.0 Å². The molecule has 10 heavy (non-hydrogen) atoms. The van der Waals surface area contributed by atoms with Crippen LogP contribution >= 0.6 is 57.1 Å². The Balaban J connectivity index is 2.24. The van der Waals surface area contributed by atoms with E-state index in [1.165, 1.54) is 25.6 Å². The number of hydrogen-bond donors (Lipinski definition) is 0. The molecule has 1 aliphatic rings. The Kier molecular flexibility index (Phi) is 5.93. The molecule has 3 heteroatoms. The van der Waals surface area contributed by atoms with Crippen LogP contribution in [0, 0.1) is 0 Å². The second kappa shape index (κ2) is 5.77. The molecule has 1 saturated carbocycles. The predicted molar refractivity (Wildman–Crippen MR) is 73.8 cm³/mol. The van der Waals surface area contributed by atoms with Gasteiger partial charge >= 0.3 is 95.5 Å². The summed E-state index contributed by atoms with van der Waals surface area (Å²) in [5.41, 5.74) is 0. The molecule has 0 unspecified atom stereocenters. The maximum atomic E-state index is 2.77. The van der Waals surface area contributed by atoms with E-state index in [2.05, 4.69) is 41.2 Å². The van der Waals surface area contributed by atoms with E-state index >= 15 is 0 Å². The van der Waals surface area contributed by atoms with Crippen molar-refractivity contribution in [3.05, 3.63) is 0 Å². The molecule has 0 spiro atoms. The Morgan fingerprint density at radius 3 is 2.30 bits per heavy atom. The predicted octanol–water partition coefficient (Wildman–Crippen LogP) is 4.57. The second-order valence-electron chi connectivity index (χ2n) is 2.67. The van der Waals surface area contributed by atoms with E-state index in [0.29, 0.717) is 0 Å². The van der Waals surface area contributed by atoms with Gasteiger partial charge in [-0.2, -0.15) is 0 Å². The quantitative estimate of drug-likeness (QED) is 0.404. The molecule has 0 bridgehead atoms. The zero-order valence-electron chi connectivity index (χ0n) is 5.95. The zero-order valence-corrected chi connectivity index (χ0v) is 12.4. The van der Waals surface area contributed by atoms with Crippen LogP contribution in [0.1, 0.15) is 32.1 Å². The van der Waals surface area contributed by atoms with Gasteiger partial charge in [0.25, 0.3) is 0 Å². The van der Waals surface area contributed by atoms with E-state index in [1.807, 2.05) is 0 Å². The molecule has 0 amide bonds. The summed E-state index contributed by atoms with van der Waals surface area (Å²) in [5, 5.41) is 0.